The van der Waals surface area contributed by atoms with E-state index in [1.807, 2.05) is 0 Å². The summed E-state index contributed by atoms with van der Waals surface area (Å²) < 4.78 is 95.0. The lowest BCUT2D eigenvalue weighted by molar-refractivity contribution is -0.394. The molecule has 170 valence electrons. The Balaban J connectivity index is 2.23. The third-order valence-corrected chi connectivity index (χ3v) is 4.61. The Labute approximate surface area is 174 Å². The van der Waals surface area contributed by atoms with Gasteiger partial charge in [-0.2, -0.15) is 26.3 Å². The lowest BCUT2D eigenvalue weighted by Crippen LogP contribution is -2.59. The summed E-state index contributed by atoms with van der Waals surface area (Å²) in [6.45, 7) is 0.0736. The first-order valence-corrected chi connectivity index (χ1v) is 9.03. The van der Waals surface area contributed by atoms with E-state index >= 15 is 0 Å². The fourth-order valence-corrected chi connectivity index (χ4v) is 2.98. The molecule has 0 heterocycles. The van der Waals surface area contributed by atoms with E-state index in [4.69, 9.17) is 4.74 Å². The Kier molecular flexibility index (Phi) is 7.72. The molecule has 1 unspecified atom stereocenters. The maximum absolute atomic E-state index is 13.5. The minimum Gasteiger partial charge on any atom is -0.457 e. The van der Waals surface area contributed by atoms with Gasteiger partial charge in [0.25, 0.3) is 5.60 Å². The van der Waals surface area contributed by atoms with Crippen molar-refractivity contribution in [3.05, 3.63) is 59.7 Å². The number of hydrogen-bond donors (Lipinski definition) is 0. The topological polar surface area (TPSA) is 44.8 Å². The van der Waals surface area contributed by atoms with Gasteiger partial charge in [-0.15, -0.1) is 0 Å². The number of carbonyl (C=O) groups is 1. The van der Waals surface area contributed by atoms with E-state index in [1.54, 1.807) is 18.2 Å². The Morgan fingerprint density at radius 1 is 0.935 bits per heavy atom. The van der Waals surface area contributed by atoms with Crippen LogP contribution in [0.2, 0.25) is 0 Å². The average Bonchev–Trinajstić information content (AvgIpc) is 2.69. The largest absolute Gasteiger partial charge is 0.457 e. The molecule has 0 aliphatic rings. The van der Waals surface area contributed by atoms with Crippen molar-refractivity contribution in [3.63, 3.8) is 0 Å². The second kappa shape index (κ2) is 9.69. The maximum Gasteiger partial charge on any atom is 0.426 e. The molecule has 0 radical (unpaired) electrons. The molecule has 4 nitrogen and oxygen atoms in total. The van der Waals surface area contributed by atoms with Gasteiger partial charge in [0, 0.05) is 19.1 Å². The summed E-state index contributed by atoms with van der Waals surface area (Å²) in [5.74, 6) is -0.508. The minimum atomic E-state index is -5.70. The SMILES string of the molecule is COCOC(CC(C)c1ccc(Oc2cccc(C=O)c2)cc1)(C(F)(F)F)C(F)(F)F. The van der Waals surface area contributed by atoms with E-state index in [-0.39, 0.29) is 5.56 Å². The van der Waals surface area contributed by atoms with Gasteiger partial charge in [0.05, 0.1) is 0 Å². The van der Waals surface area contributed by atoms with Crippen molar-refractivity contribution >= 4 is 6.29 Å². The Morgan fingerprint density at radius 3 is 2.06 bits per heavy atom. The maximum atomic E-state index is 13.5. The highest BCUT2D eigenvalue weighted by Gasteiger charge is 2.72. The number of benzene rings is 2. The van der Waals surface area contributed by atoms with Crippen LogP contribution in [-0.2, 0) is 9.47 Å². The number of aldehydes is 1. The molecule has 10 heteroatoms. The smallest absolute Gasteiger partial charge is 0.426 e. The van der Waals surface area contributed by atoms with E-state index in [0.29, 0.717) is 23.3 Å². The zero-order valence-electron chi connectivity index (χ0n) is 16.6. The third kappa shape index (κ3) is 5.76. The van der Waals surface area contributed by atoms with Crippen LogP contribution in [0, 0.1) is 0 Å². The summed E-state index contributed by atoms with van der Waals surface area (Å²) in [7, 11) is 0.935. The number of carbonyl (C=O) groups excluding carboxylic acids is 1. The van der Waals surface area contributed by atoms with E-state index in [9.17, 15) is 31.1 Å². The van der Waals surface area contributed by atoms with Gasteiger partial charge in [-0.25, -0.2) is 0 Å². The summed E-state index contributed by atoms with van der Waals surface area (Å²) in [5.41, 5.74) is -3.76. The molecule has 2 aromatic rings. The zero-order valence-corrected chi connectivity index (χ0v) is 16.6. The van der Waals surface area contributed by atoms with Crippen LogP contribution >= 0.6 is 0 Å². The molecule has 0 aromatic heterocycles. The molecule has 0 fully saturated rings. The van der Waals surface area contributed by atoms with Gasteiger partial charge in [-0.05, 0) is 35.7 Å². The molecule has 31 heavy (non-hydrogen) atoms. The monoisotopic (exact) mass is 450 g/mol. The second-order valence-electron chi connectivity index (χ2n) is 6.84. The number of alkyl halides is 6. The number of rotatable bonds is 9. The van der Waals surface area contributed by atoms with Crippen LogP contribution in [0.25, 0.3) is 0 Å². The Morgan fingerprint density at radius 2 is 1.55 bits per heavy atom. The number of halogens is 6. The van der Waals surface area contributed by atoms with Gasteiger partial charge in [-0.3, -0.25) is 4.79 Å². The molecular weight excluding hydrogens is 430 g/mol. The van der Waals surface area contributed by atoms with Crippen LogP contribution in [0.1, 0.15) is 35.2 Å². The summed E-state index contributed by atoms with van der Waals surface area (Å²) in [5, 5.41) is 0. The van der Waals surface area contributed by atoms with E-state index < -0.39 is 37.1 Å². The fraction of sp³-hybridized carbons (Fsp3) is 0.381. The second-order valence-corrected chi connectivity index (χ2v) is 6.84. The predicted molar refractivity (Wildman–Crippen MR) is 99.2 cm³/mol. The van der Waals surface area contributed by atoms with Gasteiger partial charge in [0.1, 0.15) is 24.6 Å². The predicted octanol–water partition coefficient (Wildman–Crippen LogP) is 6.27. The van der Waals surface area contributed by atoms with Crippen LogP contribution in [0.4, 0.5) is 26.3 Å². The molecule has 0 amide bonds. The molecule has 0 aliphatic heterocycles. The summed E-state index contributed by atoms with van der Waals surface area (Å²) >= 11 is 0. The Bertz CT molecular complexity index is 847. The summed E-state index contributed by atoms with van der Waals surface area (Å²) in [6.07, 6.45) is -12.2. The molecule has 0 bridgehead atoms. The zero-order chi connectivity index (χ0) is 23.3. The summed E-state index contributed by atoms with van der Waals surface area (Å²) in [6, 6.07) is 11.8. The van der Waals surface area contributed by atoms with Crippen LogP contribution in [0.3, 0.4) is 0 Å². The first-order valence-electron chi connectivity index (χ1n) is 9.03. The average molecular weight is 450 g/mol. The normalized spacial score (nSPS) is 13.7. The quantitative estimate of drug-likeness (QED) is 0.257. The molecule has 0 N–H and O–H groups in total. The van der Waals surface area contributed by atoms with Crippen molar-refractivity contribution in [2.45, 2.75) is 37.2 Å². The minimum absolute atomic E-state index is 0.230. The molecule has 2 rings (SSSR count). The Hall–Kier alpha value is -2.59. The van der Waals surface area contributed by atoms with Crippen molar-refractivity contribution in [3.8, 4) is 11.5 Å². The van der Waals surface area contributed by atoms with Gasteiger partial charge in [0.15, 0.2) is 0 Å². The number of methoxy groups -OCH3 is 1. The lowest BCUT2D eigenvalue weighted by atomic mass is 9.85. The highest BCUT2D eigenvalue weighted by Crippen LogP contribution is 2.50. The van der Waals surface area contributed by atoms with Crippen molar-refractivity contribution in [1.29, 1.82) is 0 Å². The number of hydrogen-bond acceptors (Lipinski definition) is 4. The van der Waals surface area contributed by atoms with Crippen LogP contribution in [0.15, 0.2) is 48.5 Å². The van der Waals surface area contributed by atoms with Gasteiger partial charge in [-0.1, -0.05) is 31.2 Å². The number of ether oxygens (including phenoxy) is 3. The standard InChI is InChI=1S/C21H20F6O4/c1-14(11-19(20(22,23)24,21(25,26)27)30-13-29-2)16-6-8-17(9-7-16)31-18-5-3-4-15(10-18)12-28/h3-10,12,14H,11,13H2,1-2H3. The fourth-order valence-electron chi connectivity index (χ4n) is 2.98. The molecule has 2 aromatic carbocycles. The molecule has 0 spiro atoms. The van der Waals surface area contributed by atoms with E-state index in [2.05, 4.69) is 9.47 Å². The van der Waals surface area contributed by atoms with Crippen molar-refractivity contribution in [1.82, 2.24) is 0 Å². The summed E-state index contributed by atoms with van der Waals surface area (Å²) in [4.78, 5) is 10.8. The van der Waals surface area contributed by atoms with Crippen molar-refractivity contribution in [2.24, 2.45) is 0 Å². The molecule has 0 aliphatic carbocycles. The first-order chi connectivity index (χ1) is 14.4. The molecule has 1 atom stereocenters. The van der Waals surface area contributed by atoms with Gasteiger partial charge < -0.3 is 14.2 Å². The van der Waals surface area contributed by atoms with E-state index in [1.165, 1.54) is 37.3 Å². The molecular formula is C21H20F6O4. The van der Waals surface area contributed by atoms with Crippen LogP contribution in [-0.4, -0.2) is 38.1 Å². The van der Waals surface area contributed by atoms with Gasteiger partial charge in [0.2, 0.25) is 0 Å². The van der Waals surface area contributed by atoms with Crippen molar-refractivity contribution in [2.75, 3.05) is 13.9 Å². The highest BCUT2D eigenvalue weighted by molar-refractivity contribution is 5.75. The van der Waals surface area contributed by atoms with Crippen LogP contribution < -0.4 is 4.74 Å². The lowest BCUT2D eigenvalue weighted by Gasteiger charge is -2.38. The van der Waals surface area contributed by atoms with Crippen LogP contribution in [0.5, 0.6) is 11.5 Å². The third-order valence-electron chi connectivity index (χ3n) is 4.61. The first kappa shape index (κ1) is 24.7. The van der Waals surface area contributed by atoms with Gasteiger partial charge >= 0.3 is 12.4 Å². The van der Waals surface area contributed by atoms with E-state index in [0.717, 1.165) is 7.11 Å². The van der Waals surface area contributed by atoms with Crippen molar-refractivity contribution < 1.29 is 45.3 Å². The molecule has 0 saturated heterocycles. The molecule has 0 saturated carbocycles. The highest BCUT2D eigenvalue weighted by atomic mass is 19.4.